The lowest BCUT2D eigenvalue weighted by atomic mass is 9.87. The van der Waals surface area contributed by atoms with Crippen molar-refractivity contribution in [3.63, 3.8) is 0 Å². The number of hydrogen-bond donors (Lipinski definition) is 2. The van der Waals surface area contributed by atoms with Crippen LogP contribution in [0.4, 0.5) is 0 Å². The van der Waals surface area contributed by atoms with Crippen molar-refractivity contribution in [2.45, 2.75) is 39.2 Å². The molecule has 0 aliphatic carbocycles. The third-order valence-electron chi connectivity index (χ3n) is 4.51. The van der Waals surface area contributed by atoms with E-state index in [1.54, 1.807) is 6.07 Å². The highest BCUT2D eigenvalue weighted by atomic mass is 16.3. The quantitative estimate of drug-likeness (QED) is 0.890. The van der Waals surface area contributed by atoms with Crippen LogP contribution in [0.3, 0.4) is 0 Å². The Morgan fingerprint density at radius 2 is 1.83 bits per heavy atom. The molecule has 4 nitrogen and oxygen atoms in total. The third kappa shape index (κ3) is 3.44. The summed E-state index contributed by atoms with van der Waals surface area (Å²) in [7, 11) is 0. The molecule has 24 heavy (non-hydrogen) atoms. The number of carbonyl (C=O) groups excluding carboxylic acids is 1. The number of phenolic OH excluding ortho intramolecular Hbond substituents is 1. The zero-order valence-electron chi connectivity index (χ0n) is 14.5. The van der Waals surface area contributed by atoms with Gasteiger partial charge in [0.15, 0.2) is 0 Å². The van der Waals surface area contributed by atoms with Crippen LogP contribution in [0.25, 0.3) is 0 Å². The van der Waals surface area contributed by atoms with E-state index in [0.717, 1.165) is 17.5 Å². The molecule has 0 unspecified atom stereocenters. The fourth-order valence-electron chi connectivity index (χ4n) is 3.01. The normalized spacial score (nSPS) is 15.0. The zero-order chi connectivity index (χ0) is 17.3. The van der Waals surface area contributed by atoms with Gasteiger partial charge in [0.1, 0.15) is 5.75 Å². The van der Waals surface area contributed by atoms with Crippen LogP contribution in [-0.2, 0) is 18.4 Å². The average molecular weight is 324 g/mol. The van der Waals surface area contributed by atoms with E-state index in [4.69, 9.17) is 0 Å². The van der Waals surface area contributed by atoms with Crippen molar-refractivity contribution in [1.29, 1.82) is 0 Å². The second-order valence-corrected chi connectivity index (χ2v) is 7.35. The number of carbonyl (C=O) groups is 1. The number of hydrogen-bond acceptors (Lipinski definition) is 3. The molecule has 0 radical (unpaired) electrons. The van der Waals surface area contributed by atoms with E-state index < -0.39 is 0 Å². The van der Waals surface area contributed by atoms with Gasteiger partial charge in [-0.05, 0) is 46.7 Å². The fraction of sp³-hybridized carbons (Fsp3) is 0.350. The van der Waals surface area contributed by atoms with Gasteiger partial charge in [-0.15, -0.1) is 0 Å². The molecule has 0 aromatic heterocycles. The van der Waals surface area contributed by atoms with Gasteiger partial charge in [0.2, 0.25) is 0 Å². The molecule has 0 spiro atoms. The van der Waals surface area contributed by atoms with E-state index in [1.165, 1.54) is 5.56 Å². The summed E-state index contributed by atoms with van der Waals surface area (Å²) in [4.78, 5) is 12.5. The number of fused-ring (bicyclic) bond motifs is 1. The van der Waals surface area contributed by atoms with Crippen LogP contribution in [0.15, 0.2) is 42.5 Å². The first-order chi connectivity index (χ1) is 11.3. The second kappa shape index (κ2) is 6.29. The monoisotopic (exact) mass is 324 g/mol. The maximum atomic E-state index is 12.5. The second-order valence-electron chi connectivity index (χ2n) is 7.35. The molecule has 126 valence electrons. The minimum absolute atomic E-state index is 0.0770. The van der Waals surface area contributed by atoms with Crippen LogP contribution in [0.1, 0.15) is 47.8 Å². The Bertz CT molecular complexity index is 745. The van der Waals surface area contributed by atoms with Crippen molar-refractivity contribution in [3.8, 4) is 5.75 Å². The van der Waals surface area contributed by atoms with Gasteiger partial charge in [0.25, 0.3) is 5.91 Å². The number of benzene rings is 2. The Hall–Kier alpha value is -2.33. The zero-order valence-corrected chi connectivity index (χ0v) is 14.5. The van der Waals surface area contributed by atoms with E-state index in [0.29, 0.717) is 24.4 Å². The molecule has 1 aliphatic heterocycles. The first kappa shape index (κ1) is 16.5. The summed E-state index contributed by atoms with van der Waals surface area (Å²) in [5.74, 6) is 0.246. The number of amides is 1. The van der Waals surface area contributed by atoms with Gasteiger partial charge >= 0.3 is 0 Å². The Morgan fingerprint density at radius 1 is 1.12 bits per heavy atom. The first-order valence-electron chi connectivity index (χ1n) is 8.31. The summed E-state index contributed by atoms with van der Waals surface area (Å²) in [5, 5.41) is 11.8. The minimum Gasteiger partial charge on any atom is -0.508 e. The lowest BCUT2D eigenvalue weighted by Crippen LogP contribution is -2.44. The molecule has 0 bridgehead atoms. The largest absolute Gasteiger partial charge is 0.508 e. The predicted molar refractivity (Wildman–Crippen MR) is 94.8 cm³/mol. The molecule has 3 rings (SSSR count). The number of hydrazine groups is 1. The van der Waals surface area contributed by atoms with Crippen molar-refractivity contribution >= 4 is 5.91 Å². The van der Waals surface area contributed by atoms with E-state index in [9.17, 15) is 9.90 Å². The number of phenols is 1. The lowest BCUT2D eigenvalue weighted by Gasteiger charge is -2.29. The molecule has 1 amide bonds. The van der Waals surface area contributed by atoms with Gasteiger partial charge in [0.05, 0.1) is 0 Å². The first-order valence-corrected chi connectivity index (χ1v) is 8.31. The number of rotatable bonds is 2. The lowest BCUT2D eigenvalue weighted by molar-refractivity contribution is 0.0763. The molecular weight excluding hydrogens is 300 g/mol. The van der Waals surface area contributed by atoms with Gasteiger partial charge < -0.3 is 5.11 Å². The highest BCUT2D eigenvalue weighted by Crippen LogP contribution is 2.26. The van der Waals surface area contributed by atoms with Gasteiger partial charge in [-0.25, -0.2) is 5.01 Å². The molecule has 0 fully saturated rings. The Balaban J connectivity index is 1.67. The van der Waals surface area contributed by atoms with Crippen molar-refractivity contribution in [2.75, 3.05) is 6.54 Å². The smallest absolute Gasteiger partial charge is 0.265 e. The molecule has 2 aromatic carbocycles. The van der Waals surface area contributed by atoms with Crippen molar-refractivity contribution in [3.05, 3.63) is 64.7 Å². The summed E-state index contributed by atoms with van der Waals surface area (Å²) >= 11 is 0. The van der Waals surface area contributed by atoms with Gasteiger partial charge in [-0.1, -0.05) is 45.0 Å². The summed E-state index contributed by atoms with van der Waals surface area (Å²) in [6, 6.07) is 13.3. The number of nitrogens with zero attached hydrogens (tertiary/aromatic N) is 1. The van der Waals surface area contributed by atoms with Crippen LogP contribution < -0.4 is 5.43 Å². The van der Waals surface area contributed by atoms with Crippen molar-refractivity contribution in [2.24, 2.45) is 0 Å². The number of aromatic hydroxyl groups is 1. The average Bonchev–Trinajstić information content (AvgIpc) is 2.54. The maximum Gasteiger partial charge on any atom is 0.265 e. The highest BCUT2D eigenvalue weighted by molar-refractivity contribution is 5.93. The van der Waals surface area contributed by atoms with Crippen LogP contribution in [0.5, 0.6) is 5.75 Å². The molecule has 2 N–H and O–H groups in total. The molecular formula is C20H24N2O2. The van der Waals surface area contributed by atoms with E-state index in [1.807, 2.05) is 41.4 Å². The number of nitrogens with one attached hydrogen (secondary N) is 1. The van der Waals surface area contributed by atoms with Crippen molar-refractivity contribution in [1.82, 2.24) is 10.4 Å². The molecule has 4 heteroatoms. The van der Waals surface area contributed by atoms with E-state index in [2.05, 4.69) is 26.2 Å². The highest BCUT2D eigenvalue weighted by Gasteiger charge is 2.21. The summed E-state index contributed by atoms with van der Waals surface area (Å²) < 4.78 is 0. The fourth-order valence-corrected chi connectivity index (χ4v) is 3.01. The topological polar surface area (TPSA) is 52.6 Å². The van der Waals surface area contributed by atoms with Gasteiger partial charge in [-0.3, -0.25) is 10.2 Å². The van der Waals surface area contributed by atoms with Crippen LogP contribution in [0.2, 0.25) is 0 Å². The molecule has 1 aliphatic rings. The molecule has 2 aromatic rings. The molecule has 1 heterocycles. The third-order valence-corrected chi connectivity index (χ3v) is 4.51. The van der Waals surface area contributed by atoms with Gasteiger partial charge in [0, 0.05) is 18.7 Å². The molecule has 0 saturated carbocycles. The summed E-state index contributed by atoms with van der Waals surface area (Å²) in [5.41, 5.74) is 6.95. The Labute approximate surface area is 143 Å². The van der Waals surface area contributed by atoms with Gasteiger partial charge in [-0.2, -0.15) is 0 Å². The summed E-state index contributed by atoms with van der Waals surface area (Å²) in [6.07, 6.45) is 0.727. The van der Waals surface area contributed by atoms with Crippen molar-refractivity contribution < 1.29 is 9.90 Å². The standard InChI is InChI=1S/C20H24N2O2/c1-20(2,3)16-9-7-14(8-10-16)19(24)21-22-12-11-17-15(13-22)5-4-6-18(17)23/h4-10,23H,11-13H2,1-3H3,(H,21,24). The minimum atomic E-state index is -0.0981. The van der Waals surface area contributed by atoms with Crippen LogP contribution in [-0.4, -0.2) is 22.6 Å². The van der Waals surface area contributed by atoms with Crippen LogP contribution >= 0.6 is 0 Å². The SMILES string of the molecule is CC(C)(C)c1ccc(C(=O)NN2CCc3c(O)cccc3C2)cc1. The Kier molecular flexibility index (Phi) is 4.33. The molecule has 0 atom stereocenters. The maximum absolute atomic E-state index is 12.5. The molecule has 0 saturated heterocycles. The van der Waals surface area contributed by atoms with E-state index >= 15 is 0 Å². The predicted octanol–water partition coefficient (Wildman–Crippen LogP) is 3.39. The Morgan fingerprint density at radius 3 is 2.50 bits per heavy atom. The summed E-state index contributed by atoms with van der Waals surface area (Å²) in [6.45, 7) is 7.76. The van der Waals surface area contributed by atoms with E-state index in [-0.39, 0.29) is 11.3 Å². The van der Waals surface area contributed by atoms with Crippen LogP contribution in [0, 0.1) is 0 Å².